The third-order valence-corrected chi connectivity index (χ3v) is 9.93. The van der Waals surface area contributed by atoms with Crippen LogP contribution in [0.2, 0.25) is 0 Å². The Labute approximate surface area is 283 Å². The standard InChI is InChI=1S/C46H38N2/c1-5-38-39-20-12-14-22-42(39)46(3,4)43(38)30-32(2)47(36-26-24-34(25-27-36)33-16-8-6-9-17-33)37-28-29-45-41(31-37)40-21-13-15-23-44(40)48(45)35-18-10-7-11-19-35/h5-31H,1H2,2-4H3/b32-30+. The van der Waals surface area contributed by atoms with Crippen LogP contribution in [0.15, 0.2) is 182 Å². The molecule has 1 aromatic heterocycles. The molecule has 0 saturated heterocycles. The summed E-state index contributed by atoms with van der Waals surface area (Å²) in [7, 11) is 0. The van der Waals surface area contributed by atoms with Crippen LogP contribution in [0.5, 0.6) is 0 Å². The summed E-state index contributed by atoms with van der Waals surface area (Å²) < 4.78 is 2.37. The van der Waals surface area contributed by atoms with E-state index in [-0.39, 0.29) is 5.41 Å². The number of hydrogen-bond donors (Lipinski definition) is 0. The van der Waals surface area contributed by atoms with Crippen molar-refractivity contribution in [1.82, 2.24) is 4.57 Å². The van der Waals surface area contributed by atoms with Gasteiger partial charge < -0.3 is 9.47 Å². The Balaban J connectivity index is 1.32. The summed E-state index contributed by atoms with van der Waals surface area (Å²) >= 11 is 0. The average molecular weight is 619 g/mol. The van der Waals surface area contributed by atoms with Gasteiger partial charge in [0.1, 0.15) is 0 Å². The first kappa shape index (κ1) is 29.5. The normalized spacial score (nSPS) is 14.0. The molecule has 7 aromatic rings. The molecule has 2 nitrogen and oxygen atoms in total. The van der Waals surface area contributed by atoms with Gasteiger partial charge >= 0.3 is 0 Å². The van der Waals surface area contributed by atoms with Crippen LogP contribution in [-0.4, -0.2) is 4.57 Å². The summed E-state index contributed by atoms with van der Waals surface area (Å²) in [5.74, 6) is 0. The van der Waals surface area contributed by atoms with Crippen LogP contribution < -0.4 is 4.90 Å². The van der Waals surface area contributed by atoms with Gasteiger partial charge in [-0.3, -0.25) is 0 Å². The maximum Gasteiger partial charge on any atom is 0.0542 e. The number of benzene rings is 6. The number of allylic oxidation sites excluding steroid dienone is 5. The van der Waals surface area contributed by atoms with E-state index in [0.717, 1.165) is 22.8 Å². The molecule has 0 radical (unpaired) electrons. The highest BCUT2D eigenvalue weighted by atomic mass is 15.1. The second kappa shape index (κ2) is 11.7. The molecule has 0 spiro atoms. The summed E-state index contributed by atoms with van der Waals surface area (Å²) in [6, 6.07) is 54.5. The van der Waals surface area contributed by atoms with Crippen molar-refractivity contribution in [2.45, 2.75) is 26.2 Å². The molecule has 48 heavy (non-hydrogen) atoms. The first-order chi connectivity index (χ1) is 23.5. The molecule has 1 aliphatic carbocycles. The third kappa shape index (κ3) is 4.80. The van der Waals surface area contributed by atoms with Gasteiger partial charge in [-0.2, -0.15) is 0 Å². The van der Waals surface area contributed by atoms with Gasteiger partial charge in [-0.1, -0.05) is 130 Å². The molecule has 0 atom stereocenters. The highest BCUT2D eigenvalue weighted by Gasteiger charge is 2.35. The number of anilines is 2. The molecule has 0 N–H and O–H groups in total. The zero-order valence-corrected chi connectivity index (χ0v) is 27.7. The number of hydrogen-bond acceptors (Lipinski definition) is 1. The minimum Gasteiger partial charge on any atom is -0.314 e. The fourth-order valence-electron chi connectivity index (χ4n) is 7.59. The second-order valence-electron chi connectivity index (χ2n) is 13.1. The predicted molar refractivity (Wildman–Crippen MR) is 205 cm³/mol. The Hall–Kier alpha value is -5.86. The van der Waals surface area contributed by atoms with Gasteiger partial charge in [-0.05, 0) is 94.9 Å². The molecule has 1 aliphatic rings. The molecular weight excluding hydrogens is 581 g/mol. The summed E-state index contributed by atoms with van der Waals surface area (Å²) in [5, 5.41) is 2.47. The molecule has 0 fully saturated rings. The topological polar surface area (TPSA) is 8.17 Å². The second-order valence-corrected chi connectivity index (χ2v) is 13.1. The van der Waals surface area contributed by atoms with E-state index >= 15 is 0 Å². The lowest BCUT2D eigenvalue weighted by molar-refractivity contribution is 0.653. The van der Waals surface area contributed by atoms with Crippen molar-refractivity contribution in [1.29, 1.82) is 0 Å². The molecule has 0 bridgehead atoms. The highest BCUT2D eigenvalue weighted by Crippen LogP contribution is 2.48. The minimum atomic E-state index is -0.155. The SMILES string of the molecule is C=CC1=C(/C=C(\C)N(c2ccc(-c3ccccc3)cc2)c2ccc3c(c2)c2ccccc2n3-c2ccccc2)C(C)(C)c2ccccc21. The van der Waals surface area contributed by atoms with E-state index in [1.807, 2.05) is 6.08 Å². The Bertz CT molecular complexity index is 2370. The van der Waals surface area contributed by atoms with Crippen LogP contribution >= 0.6 is 0 Å². The smallest absolute Gasteiger partial charge is 0.0542 e. The van der Waals surface area contributed by atoms with Crippen molar-refractivity contribution < 1.29 is 0 Å². The molecule has 0 amide bonds. The van der Waals surface area contributed by atoms with E-state index in [1.54, 1.807) is 0 Å². The monoisotopic (exact) mass is 618 g/mol. The molecule has 0 unspecified atom stereocenters. The number of rotatable bonds is 7. The predicted octanol–water partition coefficient (Wildman–Crippen LogP) is 12.4. The van der Waals surface area contributed by atoms with Crippen LogP contribution in [0.25, 0.3) is 44.2 Å². The first-order valence-corrected chi connectivity index (χ1v) is 16.7. The van der Waals surface area contributed by atoms with Crippen LogP contribution in [-0.2, 0) is 5.41 Å². The van der Waals surface area contributed by atoms with E-state index in [9.17, 15) is 0 Å². The highest BCUT2D eigenvalue weighted by molar-refractivity contribution is 6.10. The van der Waals surface area contributed by atoms with Crippen molar-refractivity contribution in [3.05, 3.63) is 193 Å². The molecule has 2 heteroatoms. The van der Waals surface area contributed by atoms with E-state index in [2.05, 4.69) is 195 Å². The summed E-state index contributed by atoms with van der Waals surface area (Å²) in [6.45, 7) is 11.1. The molecule has 0 aliphatic heterocycles. The van der Waals surface area contributed by atoms with Crippen LogP contribution in [0.4, 0.5) is 11.4 Å². The zero-order chi connectivity index (χ0) is 32.8. The molecule has 8 rings (SSSR count). The maximum atomic E-state index is 4.25. The fourth-order valence-corrected chi connectivity index (χ4v) is 7.59. The molecule has 0 saturated carbocycles. The van der Waals surface area contributed by atoms with Gasteiger partial charge in [0, 0.05) is 38.9 Å². The van der Waals surface area contributed by atoms with E-state index in [0.29, 0.717) is 0 Å². The number of fused-ring (bicyclic) bond motifs is 4. The lowest BCUT2D eigenvalue weighted by Gasteiger charge is -2.29. The third-order valence-electron chi connectivity index (χ3n) is 9.93. The largest absolute Gasteiger partial charge is 0.314 e. The number of para-hydroxylation sites is 2. The molecular formula is C46H38N2. The Morgan fingerprint density at radius 2 is 1.23 bits per heavy atom. The molecule has 232 valence electrons. The molecule has 6 aromatic carbocycles. The number of aromatic nitrogens is 1. The quantitative estimate of drug-likeness (QED) is 0.173. The van der Waals surface area contributed by atoms with Gasteiger partial charge in [0.25, 0.3) is 0 Å². The lowest BCUT2D eigenvalue weighted by atomic mass is 9.81. The van der Waals surface area contributed by atoms with Crippen molar-refractivity contribution in [2.75, 3.05) is 4.90 Å². The first-order valence-electron chi connectivity index (χ1n) is 16.7. The Kier molecular flexibility index (Phi) is 7.22. The maximum absolute atomic E-state index is 4.25. The van der Waals surface area contributed by atoms with Crippen LogP contribution in [0, 0.1) is 0 Å². The Morgan fingerprint density at radius 1 is 0.625 bits per heavy atom. The zero-order valence-electron chi connectivity index (χ0n) is 27.7. The summed E-state index contributed by atoms with van der Waals surface area (Å²) in [4.78, 5) is 2.40. The van der Waals surface area contributed by atoms with Gasteiger partial charge in [-0.15, -0.1) is 0 Å². The summed E-state index contributed by atoms with van der Waals surface area (Å²) in [5.41, 5.74) is 14.3. The van der Waals surface area contributed by atoms with Gasteiger partial charge in [-0.25, -0.2) is 0 Å². The van der Waals surface area contributed by atoms with E-state index in [1.165, 1.54) is 55.2 Å². The van der Waals surface area contributed by atoms with Crippen molar-refractivity contribution >= 4 is 38.8 Å². The van der Waals surface area contributed by atoms with Crippen molar-refractivity contribution in [3.8, 4) is 16.8 Å². The minimum absolute atomic E-state index is 0.155. The van der Waals surface area contributed by atoms with Gasteiger partial charge in [0.05, 0.1) is 11.0 Å². The average Bonchev–Trinajstić information content (AvgIpc) is 3.57. The van der Waals surface area contributed by atoms with Crippen LogP contribution in [0.1, 0.15) is 31.9 Å². The van der Waals surface area contributed by atoms with Gasteiger partial charge in [0.2, 0.25) is 0 Å². The van der Waals surface area contributed by atoms with Crippen molar-refractivity contribution in [2.24, 2.45) is 0 Å². The van der Waals surface area contributed by atoms with E-state index in [4.69, 9.17) is 0 Å². The molecule has 1 heterocycles. The van der Waals surface area contributed by atoms with E-state index < -0.39 is 0 Å². The lowest BCUT2D eigenvalue weighted by Crippen LogP contribution is -2.19. The van der Waals surface area contributed by atoms with Gasteiger partial charge in [0.15, 0.2) is 0 Å². The fraction of sp³-hybridized carbons (Fsp3) is 0.0870. The number of nitrogens with zero attached hydrogens (tertiary/aromatic N) is 2. The van der Waals surface area contributed by atoms with Crippen LogP contribution in [0.3, 0.4) is 0 Å². The van der Waals surface area contributed by atoms with Crippen molar-refractivity contribution in [3.63, 3.8) is 0 Å². The summed E-state index contributed by atoms with van der Waals surface area (Å²) in [6.07, 6.45) is 4.40. The Morgan fingerprint density at radius 3 is 1.98 bits per heavy atom.